The van der Waals surface area contributed by atoms with Gasteiger partial charge in [0.05, 0.1) is 6.61 Å². The maximum atomic E-state index is 12.6. The minimum absolute atomic E-state index is 0.0206. The van der Waals surface area contributed by atoms with Gasteiger partial charge in [-0.15, -0.1) is 0 Å². The lowest BCUT2D eigenvalue weighted by Crippen LogP contribution is -2.46. The third kappa shape index (κ3) is 7.65. The molecular formula is C19H27NO7. The quantitative estimate of drug-likeness (QED) is 0.633. The van der Waals surface area contributed by atoms with Crippen molar-refractivity contribution in [3.05, 3.63) is 29.8 Å². The van der Waals surface area contributed by atoms with Crippen molar-refractivity contribution in [2.45, 2.75) is 51.9 Å². The molecule has 2 N–H and O–H groups in total. The third-order valence-electron chi connectivity index (χ3n) is 3.40. The lowest BCUT2D eigenvalue weighted by atomic mass is 10.0. The zero-order valence-electron chi connectivity index (χ0n) is 16.3. The molecule has 0 radical (unpaired) electrons. The van der Waals surface area contributed by atoms with E-state index in [1.54, 1.807) is 27.7 Å². The van der Waals surface area contributed by atoms with Crippen LogP contribution in [0.15, 0.2) is 24.3 Å². The number of carbonyl (C=O) groups is 3. The first-order valence-corrected chi connectivity index (χ1v) is 8.59. The number of carbonyl (C=O) groups excluding carboxylic acids is 2. The van der Waals surface area contributed by atoms with Crippen LogP contribution in [0, 0.1) is 0 Å². The van der Waals surface area contributed by atoms with Crippen molar-refractivity contribution in [3.8, 4) is 5.75 Å². The number of aliphatic carboxylic acids is 1. The molecule has 27 heavy (non-hydrogen) atoms. The molecule has 0 saturated heterocycles. The Morgan fingerprint density at radius 1 is 1.15 bits per heavy atom. The Hall–Kier alpha value is -2.61. The molecule has 1 aromatic carbocycles. The number of amides is 1. The number of hydrogen-bond acceptors (Lipinski definition) is 6. The van der Waals surface area contributed by atoms with Crippen molar-refractivity contribution in [3.63, 3.8) is 0 Å². The first-order valence-electron chi connectivity index (χ1n) is 8.59. The Labute approximate surface area is 158 Å². The number of hydrogen-bond donors (Lipinski definition) is 2. The molecule has 2 unspecified atom stereocenters. The largest absolute Gasteiger partial charge is 0.479 e. The molecule has 0 aliphatic carbocycles. The summed E-state index contributed by atoms with van der Waals surface area (Å²) < 4.78 is 15.5. The Morgan fingerprint density at radius 3 is 2.19 bits per heavy atom. The van der Waals surface area contributed by atoms with Gasteiger partial charge in [0.2, 0.25) is 0 Å². The van der Waals surface area contributed by atoms with Gasteiger partial charge in [0.1, 0.15) is 17.4 Å². The number of ketones is 1. The lowest BCUT2D eigenvalue weighted by molar-refractivity contribution is -0.145. The monoisotopic (exact) mass is 381 g/mol. The highest BCUT2D eigenvalue weighted by Crippen LogP contribution is 2.17. The van der Waals surface area contributed by atoms with Gasteiger partial charge in [-0.3, -0.25) is 4.79 Å². The van der Waals surface area contributed by atoms with E-state index < -0.39 is 29.8 Å². The molecule has 150 valence electrons. The molecule has 1 rings (SSSR count). The van der Waals surface area contributed by atoms with Gasteiger partial charge < -0.3 is 24.6 Å². The standard InChI is InChI=1S/C19H27NO7/c1-6-15(17(22)23)26-13-9-7-12(8-10-13)16(21)14(11-25-5)20-18(24)27-19(2,3)4/h7-10,14-15H,6,11H2,1-5H3,(H,20,24)(H,22,23). The molecule has 0 aliphatic heterocycles. The molecule has 0 aliphatic rings. The van der Waals surface area contributed by atoms with E-state index in [4.69, 9.17) is 19.3 Å². The SMILES string of the molecule is CCC(Oc1ccc(C(=O)C(COC)NC(=O)OC(C)(C)C)cc1)C(=O)O. The Balaban J connectivity index is 2.84. The van der Waals surface area contributed by atoms with E-state index in [9.17, 15) is 14.4 Å². The number of rotatable bonds is 9. The number of methoxy groups -OCH3 is 1. The van der Waals surface area contributed by atoms with E-state index in [1.165, 1.54) is 31.4 Å². The molecule has 8 nitrogen and oxygen atoms in total. The van der Waals surface area contributed by atoms with Gasteiger partial charge in [-0.1, -0.05) is 6.92 Å². The highest BCUT2D eigenvalue weighted by atomic mass is 16.6. The molecule has 8 heteroatoms. The van der Waals surface area contributed by atoms with E-state index in [-0.39, 0.29) is 12.4 Å². The normalized spacial score (nSPS) is 13.4. The second-order valence-corrected chi connectivity index (χ2v) is 6.90. The fourth-order valence-corrected chi connectivity index (χ4v) is 2.17. The minimum Gasteiger partial charge on any atom is -0.479 e. The number of benzene rings is 1. The van der Waals surface area contributed by atoms with Crippen LogP contribution in [-0.2, 0) is 14.3 Å². The van der Waals surface area contributed by atoms with E-state index in [0.29, 0.717) is 17.7 Å². The summed E-state index contributed by atoms with van der Waals surface area (Å²) in [5.41, 5.74) is -0.368. The first-order chi connectivity index (χ1) is 12.6. The molecule has 1 aromatic rings. The second-order valence-electron chi connectivity index (χ2n) is 6.90. The fraction of sp³-hybridized carbons (Fsp3) is 0.526. The fourth-order valence-electron chi connectivity index (χ4n) is 2.17. The molecule has 1 amide bonds. The first kappa shape index (κ1) is 22.4. The molecular weight excluding hydrogens is 354 g/mol. The summed E-state index contributed by atoms with van der Waals surface area (Å²) in [5, 5.41) is 11.5. The highest BCUT2D eigenvalue weighted by Gasteiger charge is 2.25. The van der Waals surface area contributed by atoms with Crippen molar-refractivity contribution in [2.75, 3.05) is 13.7 Å². The molecule has 0 spiro atoms. The number of Topliss-reactive ketones (excluding diaryl/α,β-unsaturated/α-hetero) is 1. The van der Waals surface area contributed by atoms with Gasteiger partial charge in [0.25, 0.3) is 0 Å². The van der Waals surface area contributed by atoms with Crippen LogP contribution in [-0.4, -0.2) is 54.4 Å². The molecule has 0 heterocycles. The van der Waals surface area contributed by atoms with E-state index in [1.807, 2.05) is 0 Å². The highest BCUT2D eigenvalue weighted by molar-refractivity contribution is 6.01. The van der Waals surface area contributed by atoms with Crippen molar-refractivity contribution in [1.82, 2.24) is 5.32 Å². The van der Waals surface area contributed by atoms with Crippen LogP contribution >= 0.6 is 0 Å². The summed E-state index contributed by atoms with van der Waals surface area (Å²) in [6.07, 6.45) is -1.36. The minimum atomic E-state index is -1.06. The van der Waals surface area contributed by atoms with Gasteiger partial charge >= 0.3 is 12.1 Å². The van der Waals surface area contributed by atoms with Crippen molar-refractivity contribution in [1.29, 1.82) is 0 Å². The van der Waals surface area contributed by atoms with Crippen LogP contribution in [0.25, 0.3) is 0 Å². The number of ether oxygens (including phenoxy) is 3. The molecule has 0 saturated carbocycles. The Bertz CT molecular complexity index is 649. The molecule has 0 bridgehead atoms. The summed E-state index contributed by atoms with van der Waals surface area (Å²) in [4.78, 5) is 35.6. The topological polar surface area (TPSA) is 111 Å². The van der Waals surface area contributed by atoms with Crippen LogP contribution in [0.4, 0.5) is 4.79 Å². The Kier molecular flexibility index (Phi) is 8.24. The van der Waals surface area contributed by atoms with Crippen LogP contribution < -0.4 is 10.1 Å². The van der Waals surface area contributed by atoms with Crippen LogP contribution in [0.5, 0.6) is 5.75 Å². The number of alkyl carbamates (subject to hydrolysis) is 1. The number of nitrogens with one attached hydrogen (secondary N) is 1. The van der Waals surface area contributed by atoms with Crippen molar-refractivity contribution >= 4 is 17.8 Å². The number of carboxylic acid groups (broad SMARTS) is 1. The second kappa shape index (κ2) is 9.91. The zero-order chi connectivity index (χ0) is 20.6. The van der Waals surface area contributed by atoms with E-state index in [0.717, 1.165) is 0 Å². The predicted octanol–water partition coefficient (Wildman–Crippen LogP) is 2.65. The average Bonchev–Trinajstić information content (AvgIpc) is 2.57. The summed E-state index contributed by atoms with van der Waals surface area (Å²) in [7, 11) is 1.42. The smallest absolute Gasteiger partial charge is 0.408 e. The lowest BCUT2D eigenvalue weighted by Gasteiger charge is -2.23. The summed E-state index contributed by atoms with van der Waals surface area (Å²) >= 11 is 0. The van der Waals surface area contributed by atoms with Crippen LogP contribution in [0.2, 0.25) is 0 Å². The summed E-state index contributed by atoms with van der Waals surface area (Å²) in [6, 6.07) is 5.11. The molecule has 0 fully saturated rings. The van der Waals surface area contributed by atoms with Crippen LogP contribution in [0.1, 0.15) is 44.5 Å². The van der Waals surface area contributed by atoms with Gasteiger partial charge in [-0.2, -0.15) is 0 Å². The van der Waals surface area contributed by atoms with E-state index in [2.05, 4.69) is 5.32 Å². The predicted molar refractivity (Wildman–Crippen MR) is 98.1 cm³/mol. The van der Waals surface area contributed by atoms with Gasteiger partial charge in [-0.25, -0.2) is 9.59 Å². The van der Waals surface area contributed by atoms with Crippen molar-refractivity contribution in [2.24, 2.45) is 0 Å². The summed E-state index contributed by atoms with van der Waals surface area (Å²) in [6.45, 7) is 6.85. The molecule has 0 aromatic heterocycles. The van der Waals surface area contributed by atoms with Crippen LogP contribution in [0.3, 0.4) is 0 Å². The molecule has 2 atom stereocenters. The number of carboxylic acids is 1. The van der Waals surface area contributed by atoms with E-state index >= 15 is 0 Å². The van der Waals surface area contributed by atoms with Gasteiger partial charge in [0.15, 0.2) is 11.9 Å². The average molecular weight is 381 g/mol. The summed E-state index contributed by atoms with van der Waals surface area (Å²) in [5.74, 6) is -1.08. The maximum Gasteiger partial charge on any atom is 0.408 e. The zero-order valence-corrected chi connectivity index (χ0v) is 16.3. The Morgan fingerprint density at radius 2 is 1.74 bits per heavy atom. The maximum absolute atomic E-state index is 12.6. The van der Waals surface area contributed by atoms with Crippen molar-refractivity contribution < 1.29 is 33.7 Å². The van der Waals surface area contributed by atoms with Gasteiger partial charge in [-0.05, 0) is 51.5 Å². The van der Waals surface area contributed by atoms with Gasteiger partial charge in [0, 0.05) is 12.7 Å². The third-order valence-corrected chi connectivity index (χ3v) is 3.40.